The molecular formula is C8H10O2. The Hall–Kier alpha value is -1.05. The third-order valence-electron chi connectivity index (χ3n) is 1.40. The van der Waals surface area contributed by atoms with Crippen LogP contribution in [-0.2, 0) is 9.53 Å². The van der Waals surface area contributed by atoms with E-state index in [4.69, 9.17) is 4.74 Å². The molecule has 1 rings (SSSR count). The molecule has 0 aliphatic carbocycles. The Kier molecular flexibility index (Phi) is 1.90. The first-order chi connectivity index (χ1) is 4.74. The highest BCUT2D eigenvalue weighted by atomic mass is 16.5. The van der Waals surface area contributed by atoms with Gasteiger partial charge in [0, 0.05) is 12.0 Å². The van der Waals surface area contributed by atoms with Crippen molar-refractivity contribution in [2.75, 3.05) is 0 Å². The second-order valence-corrected chi connectivity index (χ2v) is 2.28. The molecule has 0 amide bonds. The van der Waals surface area contributed by atoms with Gasteiger partial charge in [-0.05, 0) is 13.0 Å². The molecule has 1 atom stereocenters. The fourth-order valence-electron chi connectivity index (χ4n) is 0.911. The molecular weight excluding hydrogens is 128 g/mol. The summed E-state index contributed by atoms with van der Waals surface area (Å²) in [6.07, 6.45) is 4.31. The van der Waals surface area contributed by atoms with Crippen molar-refractivity contribution in [2.45, 2.75) is 19.4 Å². The summed E-state index contributed by atoms with van der Waals surface area (Å²) < 4.78 is 4.89. The Morgan fingerprint density at radius 1 is 1.80 bits per heavy atom. The van der Waals surface area contributed by atoms with Crippen LogP contribution < -0.4 is 0 Å². The van der Waals surface area contributed by atoms with Crippen molar-refractivity contribution < 1.29 is 9.53 Å². The van der Waals surface area contributed by atoms with E-state index >= 15 is 0 Å². The van der Waals surface area contributed by atoms with E-state index in [1.165, 1.54) is 0 Å². The summed E-state index contributed by atoms with van der Waals surface area (Å²) in [5.41, 5.74) is 0.572. The second kappa shape index (κ2) is 2.69. The topological polar surface area (TPSA) is 26.3 Å². The average molecular weight is 138 g/mol. The van der Waals surface area contributed by atoms with Crippen LogP contribution in [0, 0.1) is 0 Å². The van der Waals surface area contributed by atoms with Crippen molar-refractivity contribution in [3.05, 3.63) is 24.3 Å². The number of allylic oxidation sites excluding steroid dienone is 1. The van der Waals surface area contributed by atoms with E-state index in [0.717, 1.165) is 0 Å². The van der Waals surface area contributed by atoms with E-state index < -0.39 is 0 Å². The van der Waals surface area contributed by atoms with E-state index in [-0.39, 0.29) is 12.1 Å². The van der Waals surface area contributed by atoms with Crippen LogP contribution in [0.5, 0.6) is 0 Å². The molecule has 1 fully saturated rings. The van der Waals surface area contributed by atoms with Gasteiger partial charge in [0.2, 0.25) is 0 Å². The van der Waals surface area contributed by atoms with Gasteiger partial charge in [-0.1, -0.05) is 12.7 Å². The number of cyclic esters (lactones) is 1. The molecule has 0 aromatic carbocycles. The van der Waals surface area contributed by atoms with Crippen LogP contribution in [0.1, 0.15) is 13.3 Å². The van der Waals surface area contributed by atoms with Gasteiger partial charge < -0.3 is 4.74 Å². The fraction of sp³-hybridized carbons (Fsp3) is 0.375. The monoisotopic (exact) mass is 138 g/mol. The normalized spacial score (nSPS) is 25.9. The minimum Gasteiger partial charge on any atom is -0.454 e. The summed E-state index contributed by atoms with van der Waals surface area (Å²) >= 11 is 0. The molecule has 10 heavy (non-hydrogen) atoms. The van der Waals surface area contributed by atoms with Crippen molar-refractivity contribution in [1.82, 2.24) is 0 Å². The molecule has 0 N–H and O–H groups in total. The predicted molar refractivity (Wildman–Crippen MR) is 38.5 cm³/mol. The highest BCUT2D eigenvalue weighted by Crippen LogP contribution is 2.18. The van der Waals surface area contributed by atoms with E-state index in [1.807, 2.05) is 19.1 Å². The highest BCUT2D eigenvalue weighted by Gasteiger charge is 2.24. The van der Waals surface area contributed by atoms with Gasteiger partial charge in [0.15, 0.2) is 0 Å². The lowest BCUT2D eigenvalue weighted by atomic mass is 10.2. The number of hydrogen-bond acceptors (Lipinski definition) is 2. The summed E-state index contributed by atoms with van der Waals surface area (Å²) in [5.74, 6) is -0.261. The number of hydrogen-bond donors (Lipinski definition) is 0. The molecule has 1 aliphatic heterocycles. The molecule has 2 heteroatoms. The van der Waals surface area contributed by atoms with Gasteiger partial charge in [0.05, 0.1) is 0 Å². The third-order valence-corrected chi connectivity index (χ3v) is 1.40. The summed E-state index contributed by atoms with van der Waals surface area (Å²) in [7, 11) is 0. The molecule has 0 aromatic rings. The Labute approximate surface area is 60.2 Å². The maximum absolute atomic E-state index is 10.7. The van der Waals surface area contributed by atoms with Gasteiger partial charge in [-0.25, -0.2) is 4.79 Å². The Morgan fingerprint density at radius 2 is 2.50 bits per heavy atom. The van der Waals surface area contributed by atoms with Crippen molar-refractivity contribution >= 4 is 5.97 Å². The third kappa shape index (κ3) is 1.26. The highest BCUT2D eigenvalue weighted by molar-refractivity contribution is 5.90. The second-order valence-electron chi connectivity index (χ2n) is 2.28. The average Bonchev–Trinajstić information content (AvgIpc) is 2.14. The molecule has 0 bridgehead atoms. The molecule has 1 saturated heterocycles. The summed E-state index contributed by atoms with van der Waals surface area (Å²) in [4.78, 5) is 10.7. The lowest BCUT2D eigenvalue weighted by Crippen LogP contribution is -2.01. The molecule has 54 valence electrons. The molecule has 2 nitrogen and oxygen atoms in total. The van der Waals surface area contributed by atoms with Crippen LogP contribution >= 0.6 is 0 Å². The van der Waals surface area contributed by atoms with Gasteiger partial charge in [-0.3, -0.25) is 0 Å². The zero-order valence-corrected chi connectivity index (χ0v) is 5.96. The maximum atomic E-state index is 10.7. The number of carbonyl (C=O) groups is 1. The summed E-state index contributed by atoms with van der Waals surface area (Å²) in [6.45, 7) is 5.46. The van der Waals surface area contributed by atoms with E-state index in [0.29, 0.717) is 12.0 Å². The minimum atomic E-state index is -0.261. The molecule has 0 radical (unpaired) electrons. The lowest BCUT2D eigenvalue weighted by molar-refractivity contribution is -0.137. The maximum Gasteiger partial charge on any atom is 0.334 e. The molecule has 1 aliphatic rings. The van der Waals surface area contributed by atoms with E-state index in [2.05, 4.69) is 6.58 Å². The van der Waals surface area contributed by atoms with Crippen LogP contribution in [0.3, 0.4) is 0 Å². The SMILES string of the molecule is C=C1CC(/C=C/C)OC1=O. The van der Waals surface area contributed by atoms with Crippen molar-refractivity contribution in [2.24, 2.45) is 0 Å². The summed E-state index contributed by atoms with van der Waals surface area (Å²) in [6, 6.07) is 0. The van der Waals surface area contributed by atoms with Gasteiger partial charge in [-0.15, -0.1) is 0 Å². The Balaban J connectivity index is 2.57. The van der Waals surface area contributed by atoms with Crippen molar-refractivity contribution in [3.8, 4) is 0 Å². The Bertz CT molecular complexity index is 175. The minimum absolute atomic E-state index is 0.0648. The van der Waals surface area contributed by atoms with E-state index in [1.54, 1.807) is 0 Å². The van der Waals surface area contributed by atoms with Gasteiger partial charge >= 0.3 is 5.97 Å². The smallest absolute Gasteiger partial charge is 0.334 e. The molecule has 1 unspecified atom stereocenters. The van der Waals surface area contributed by atoms with Crippen molar-refractivity contribution in [3.63, 3.8) is 0 Å². The molecule has 0 saturated carbocycles. The van der Waals surface area contributed by atoms with Gasteiger partial charge in [-0.2, -0.15) is 0 Å². The first-order valence-electron chi connectivity index (χ1n) is 3.25. The van der Waals surface area contributed by atoms with Crippen molar-refractivity contribution in [1.29, 1.82) is 0 Å². The van der Waals surface area contributed by atoms with Crippen LogP contribution in [0.25, 0.3) is 0 Å². The van der Waals surface area contributed by atoms with Gasteiger partial charge in [0.25, 0.3) is 0 Å². The predicted octanol–water partition coefficient (Wildman–Crippen LogP) is 1.43. The van der Waals surface area contributed by atoms with Crippen LogP contribution in [0.4, 0.5) is 0 Å². The van der Waals surface area contributed by atoms with Crippen LogP contribution in [0.15, 0.2) is 24.3 Å². The zero-order chi connectivity index (χ0) is 7.56. The van der Waals surface area contributed by atoms with Crippen LogP contribution in [0.2, 0.25) is 0 Å². The first kappa shape index (κ1) is 7.06. The lowest BCUT2D eigenvalue weighted by Gasteiger charge is -1.98. The number of carbonyl (C=O) groups excluding carboxylic acids is 1. The van der Waals surface area contributed by atoms with Crippen LogP contribution in [-0.4, -0.2) is 12.1 Å². The Morgan fingerprint density at radius 3 is 2.90 bits per heavy atom. The molecule has 0 aromatic heterocycles. The first-order valence-corrected chi connectivity index (χ1v) is 3.25. The molecule has 0 spiro atoms. The standard InChI is InChI=1S/C8H10O2/c1-3-4-7-5-6(2)8(9)10-7/h3-4,7H,2,5H2,1H3/b4-3+. The molecule has 1 heterocycles. The largest absolute Gasteiger partial charge is 0.454 e. The number of ether oxygens (including phenoxy) is 1. The summed E-state index contributed by atoms with van der Waals surface area (Å²) in [5, 5.41) is 0. The zero-order valence-electron chi connectivity index (χ0n) is 5.96. The number of rotatable bonds is 1. The van der Waals surface area contributed by atoms with Gasteiger partial charge in [0.1, 0.15) is 6.10 Å². The van der Waals surface area contributed by atoms with E-state index in [9.17, 15) is 4.79 Å². The quantitative estimate of drug-likeness (QED) is 0.311. The fourth-order valence-corrected chi connectivity index (χ4v) is 0.911. The number of esters is 1.